The Balaban J connectivity index is 3.50. The molecule has 0 amide bonds. The third-order valence-corrected chi connectivity index (χ3v) is 2.59. The Morgan fingerprint density at radius 2 is 2.15 bits per heavy atom. The van der Waals surface area contributed by atoms with E-state index in [0.29, 0.717) is 5.56 Å². The molecule has 1 rings (SSSR count). The Kier molecular flexibility index (Phi) is 2.56. The lowest BCUT2D eigenvalue weighted by molar-refractivity contribution is 0.0690. The van der Waals surface area contributed by atoms with Crippen LogP contribution in [0.1, 0.15) is 15.9 Å². The minimum Gasteiger partial charge on any atom is -0.504 e. The summed E-state index contributed by atoms with van der Waals surface area (Å²) in [5.41, 5.74) is -0.0606. The molecule has 1 aromatic carbocycles. The van der Waals surface area contributed by atoms with Gasteiger partial charge in [-0.2, -0.15) is 0 Å². The maximum Gasteiger partial charge on any atom is 0.338 e. The van der Waals surface area contributed by atoms with Crippen LogP contribution in [-0.2, 0) is 0 Å². The quantitative estimate of drug-likeness (QED) is 0.802. The van der Waals surface area contributed by atoms with E-state index in [2.05, 4.69) is 15.9 Å². The van der Waals surface area contributed by atoms with E-state index >= 15 is 0 Å². The summed E-state index contributed by atoms with van der Waals surface area (Å²) in [5, 5.41) is 17.7. The van der Waals surface area contributed by atoms with E-state index in [0.717, 1.165) is 6.07 Å². The molecule has 0 atom stereocenters. The van der Waals surface area contributed by atoms with E-state index in [1.54, 1.807) is 6.92 Å². The van der Waals surface area contributed by atoms with Crippen LogP contribution >= 0.6 is 15.9 Å². The molecule has 0 aliphatic rings. The van der Waals surface area contributed by atoms with Gasteiger partial charge in [0, 0.05) is 0 Å². The summed E-state index contributed by atoms with van der Waals surface area (Å²) in [6, 6.07) is 1.15. The van der Waals surface area contributed by atoms with Crippen LogP contribution in [0.5, 0.6) is 5.75 Å². The standard InChI is InChI=1S/C8H6BrFO3/c1-3-2-4(8(12)13)6(10)7(11)5(3)9/h2,11H,1H3,(H,12,13). The molecule has 70 valence electrons. The Labute approximate surface area is 81.9 Å². The van der Waals surface area contributed by atoms with Crippen LogP contribution in [0.25, 0.3) is 0 Å². The summed E-state index contributed by atoms with van der Waals surface area (Å²) in [4.78, 5) is 10.5. The van der Waals surface area contributed by atoms with Gasteiger partial charge < -0.3 is 10.2 Å². The summed E-state index contributed by atoms with van der Waals surface area (Å²) in [5.74, 6) is -3.19. The Morgan fingerprint density at radius 1 is 1.62 bits per heavy atom. The number of hydrogen-bond acceptors (Lipinski definition) is 2. The predicted molar refractivity (Wildman–Crippen MR) is 47.5 cm³/mol. The molecule has 5 heteroatoms. The van der Waals surface area contributed by atoms with Gasteiger partial charge in [-0.25, -0.2) is 9.18 Å². The molecule has 3 nitrogen and oxygen atoms in total. The van der Waals surface area contributed by atoms with Crippen molar-refractivity contribution in [1.82, 2.24) is 0 Å². The third kappa shape index (κ3) is 1.65. The number of carboxylic acid groups (broad SMARTS) is 1. The summed E-state index contributed by atoms with van der Waals surface area (Å²) < 4.78 is 13.2. The number of halogens is 2. The zero-order valence-corrected chi connectivity index (χ0v) is 8.22. The van der Waals surface area contributed by atoms with Crippen LogP contribution in [0.4, 0.5) is 4.39 Å². The van der Waals surface area contributed by atoms with Crippen molar-refractivity contribution < 1.29 is 19.4 Å². The molecule has 0 saturated carbocycles. The summed E-state index contributed by atoms with van der Waals surface area (Å²) in [6.07, 6.45) is 0. The number of hydrogen-bond donors (Lipinski definition) is 2. The summed E-state index contributed by atoms with van der Waals surface area (Å²) in [6.45, 7) is 1.57. The van der Waals surface area contributed by atoms with Crippen LogP contribution in [0.3, 0.4) is 0 Å². The monoisotopic (exact) mass is 248 g/mol. The maximum atomic E-state index is 13.0. The highest BCUT2D eigenvalue weighted by Crippen LogP contribution is 2.32. The molecule has 1 aromatic rings. The fourth-order valence-electron chi connectivity index (χ4n) is 0.910. The minimum atomic E-state index is -1.40. The first-order valence-electron chi connectivity index (χ1n) is 3.36. The van der Waals surface area contributed by atoms with E-state index in [-0.39, 0.29) is 4.47 Å². The first-order valence-corrected chi connectivity index (χ1v) is 4.15. The fraction of sp³-hybridized carbons (Fsp3) is 0.125. The smallest absolute Gasteiger partial charge is 0.338 e. The van der Waals surface area contributed by atoms with Crippen molar-refractivity contribution in [2.24, 2.45) is 0 Å². The largest absolute Gasteiger partial charge is 0.504 e. The van der Waals surface area contributed by atoms with E-state index in [1.807, 2.05) is 0 Å². The lowest BCUT2D eigenvalue weighted by atomic mass is 10.1. The predicted octanol–water partition coefficient (Wildman–Crippen LogP) is 2.30. The summed E-state index contributed by atoms with van der Waals surface area (Å²) in [7, 11) is 0. The Morgan fingerprint density at radius 3 is 2.62 bits per heavy atom. The molecular formula is C8H6BrFO3. The maximum absolute atomic E-state index is 13.0. The Hall–Kier alpha value is -1.10. The first-order chi connectivity index (χ1) is 5.95. The second-order valence-electron chi connectivity index (χ2n) is 2.52. The number of rotatable bonds is 1. The number of aromatic carboxylic acids is 1. The molecular weight excluding hydrogens is 243 g/mol. The number of carbonyl (C=O) groups is 1. The van der Waals surface area contributed by atoms with Gasteiger partial charge in [0.2, 0.25) is 0 Å². The zero-order valence-electron chi connectivity index (χ0n) is 6.64. The SMILES string of the molecule is Cc1cc(C(=O)O)c(F)c(O)c1Br. The van der Waals surface area contributed by atoms with Crippen molar-refractivity contribution in [2.75, 3.05) is 0 Å². The minimum absolute atomic E-state index is 0.176. The van der Waals surface area contributed by atoms with Gasteiger partial charge in [0.25, 0.3) is 0 Å². The molecule has 0 bridgehead atoms. The van der Waals surface area contributed by atoms with Gasteiger partial charge in [0.1, 0.15) is 0 Å². The van der Waals surface area contributed by atoms with Crippen LogP contribution in [0, 0.1) is 12.7 Å². The highest BCUT2D eigenvalue weighted by atomic mass is 79.9. The molecule has 0 aromatic heterocycles. The van der Waals surface area contributed by atoms with E-state index in [1.165, 1.54) is 0 Å². The third-order valence-electron chi connectivity index (χ3n) is 1.59. The Bertz CT molecular complexity index is 376. The fourth-order valence-corrected chi connectivity index (χ4v) is 1.20. The number of aromatic hydroxyl groups is 1. The lowest BCUT2D eigenvalue weighted by Crippen LogP contribution is -2.01. The van der Waals surface area contributed by atoms with Gasteiger partial charge in [-0.15, -0.1) is 0 Å². The molecule has 0 heterocycles. The van der Waals surface area contributed by atoms with Gasteiger partial charge in [0.15, 0.2) is 11.6 Å². The number of phenols is 1. The van der Waals surface area contributed by atoms with Crippen molar-refractivity contribution in [3.05, 3.63) is 27.5 Å². The molecule has 0 spiro atoms. The average molecular weight is 249 g/mol. The zero-order chi connectivity index (χ0) is 10.2. The van der Waals surface area contributed by atoms with Gasteiger partial charge in [-0.1, -0.05) is 0 Å². The van der Waals surface area contributed by atoms with Crippen LogP contribution < -0.4 is 0 Å². The second kappa shape index (κ2) is 3.33. The van der Waals surface area contributed by atoms with E-state index in [9.17, 15) is 9.18 Å². The molecule has 13 heavy (non-hydrogen) atoms. The van der Waals surface area contributed by atoms with Crippen molar-refractivity contribution in [3.8, 4) is 5.75 Å². The number of aryl methyl sites for hydroxylation is 1. The van der Waals surface area contributed by atoms with Gasteiger partial charge in [-0.05, 0) is 34.5 Å². The lowest BCUT2D eigenvalue weighted by Gasteiger charge is -2.05. The second-order valence-corrected chi connectivity index (χ2v) is 3.32. The van der Waals surface area contributed by atoms with Crippen molar-refractivity contribution in [2.45, 2.75) is 6.92 Å². The van der Waals surface area contributed by atoms with E-state index in [4.69, 9.17) is 10.2 Å². The molecule has 0 radical (unpaired) electrons. The van der Waals surface area contributed by atoms with Gasteiger partial charge in [0.05, 0.1) is 10.0 Å². The number of phenolic OH excluding ortho intramolecular Hbond substituents is 1. The molecule has 0 aliphatic carbocycles. The van der Waals surface area contributed by atoms with E-state index < -0.39 is 23.1 Å². The molecule has 0 aliphatic heterocycles. The van der Waals surface area contributed by atoms with Crippen LogP contribution in [0.2, 0.25) is 0 Å². The van der Waals surface area contributed by atoms with Crippen molar-refractivity contribution in [1.29, 1.82) is 0 Å². The molecule has 0 unspecified atom stereocenters. The topological polar surface area (TPSA) is 57.5 Å². The highest BCUT2D eigenvalue weighted by molar-refractivity contribution is 9.10. The van der Waals surface area contributed by atoms with Gasteiger partial charge in [-0.3, -0.25) is 0 Å². The highest BCUT2D eigenvalue weighted by Gasteiger charge is 2.18. The normalized spacial score (nSPS) is 10.1. The number of benzene rings is 1. The molecule has 2 N–H and O–H groups in total. The van der Waals surface area contributed by atoms with Gasteiger partial charge >= 0.3 is 5.97 Å². The first kappa shape index (κ1) is 9.98. The van der Waals surface area contributed by atoms with Crippen LogP contribution in [0.15, 0.2) is 10.5 Å². The number of carboxylic acids is 1. The summed E-state index contributed by atoms with van der Waals surface area (Å²) >= 11 is 2.93. The van der Waals surface area contributed by atoms with Crippen molar-refractivity contribution >= 4 is 21.9 Å². The molecule has 0 fully saturated rings. The van der Waals surface area contributed by atoms with Crippen molar-refractivity contribution in [3.63, 3.8) is 0 Å². The molecule has 0 saturated heterocycles. The van der Waals surface area contributed by atoms with Crippen LogP contribution in [-0.4, -0.2) is 16.2 Å². The average Bonchev–Trinajstić information content (AvgIpc) is 2.07.